The Balaban J connectivity index is 2.82. The number of benzene rings is 1. The maximum Gasteiger partial charge on any atom is 0.416 e. The molecule has 0 fully saturated rings. The SMILES string of the molecule is COCC(C)CNC(=O)c1cc(C(F)(F)F)ccc1Br. The summed E-state index contributed by atoms with van der Waals surface area (Å²) >= 11 is 3.08. The Morgan fingerprint density at radius 3 is 2.65 bits per heavy atom. The molecule has 1 aromatic carbocycles. The van der Waals surface area contributed by atoms with E-state index in [1.807, 2.05) is 6.92 Å². The Labute approximate surface area is 123 Å². The van der Waals surface area contributed by atoms with Crippen molar-refractivity contribution in [2.24, 2.45) is 5.92 Å². The van der Waals surface area contributed by atoms with Gasteiger partial charge in [0.15, 0.2) is 0 Å². The number of carbonyl (C=O) groups is 1. The van der Waals surface area contributed by atoms with Gasteiger partial charge in [0.1, 0.15) is 0 Å². The van der Waals surface area contributed by atoms with Crippen molar-refractivity contribution in [2.45, 2.75) is 13.1 Å². The smallest absolute Gasteiger partial charge is 0.384 e. The number of rotatable bonds is 5. The number of ether oxygens (including phenoxy) is 1. The van der Waals surface area contributed by atoms with Gasteiger partial charge in [-0.25, -0.2) is 0 Å². The summed E-state index contributed by atoms with van der Waals surface area (Å²) in [6, 6.07) is 2.98. The van der Waals surface area contributed by atoms with Crippen LogP contribution in [0.2, 0.25) is 0 Å². The van der Waals surface area contributed by atoms with Crippen LogP contribution in [0.5, 0.6) is 0 Å². The molecule has 0 aliphatic heterocycles. The van der Waals surface area contributed by atoms with Crippen molar-refractivity contribution in [3.8, 4) is 0 Å². The molecule has 0 aromatic heterocycles. The first kappa shape index (κ1) is 17.0. The molecule has 20 heavy (non-hydrogen) atoms. The number of carbonyl (C=O) groups excluding carboxylic acids is 1. The van der Waals surface area contributed by atoms with Crippen molar-refractivity contribution in [2.75, 3.05) is 20.3 Å². The molecule has 112 valence electrons. The molecule has 0 saturated heterocycles. The highest BCUT2D eigenvalue weighted by Crippen LogP contribution is 2.31. The lowest BCUT2D eigenvalue weighted by atomic mass is 10.1. The molecule has 1 atom stereocenters. The minimum absolute atomic E-state index is 0.0376. The zero-order valence-electron chi connectivity index (χ0n) is 11.1. The number of nitrogens with one attached hydrogen (secondary N) is 1. The fraction of sp³-hybridized carbons (Fsp3) is 0.462. The normalized spacial score (nSPS) is 13.1. The topological polar surface area (TPSA) is 38.3 Å². The van der Waals surface area contributed by atoms with Crippen molar-refractivity contribution < 1.29 is 22.7 Å². The molecule has 7 heteroatoms. The summed E-state index contributed by atoms with van der Waals surface area (Å²) in [5.41, 5.74) is -0.889. The summed E-state index contributed by atoms with van der Waals surface area (Å²) in [4.78, 5) is 11.9. The van der Waals surface area contributed by atoms with Crippen LogP contribution in [0.4, 0.5) is 13.2 Å². The van der Waals surface area contributed by atoms with E-state index in [0.717, 1.165) is 12.1 Å². The monoisotopic (exact) mass is 353 g/mol. The first-order chi connectivity index (χ1) is 9.25. The van der Waals surface area contributed by atoms with Crippen molar-refractivity contribution in [1.29, 1.82) is 0 Å². The average Bonchev–Trinajstić information content (AvgIpc) is 2.35. The molecule has 0 aliphatic carbocycles. The van der Waals surface area contributed by atoms with Gasteiger partial charge < -0.3 is 10.1 Å². The van der Waals surface area contributed by atoms with Crippen molar-refractivity contribution >= 4 is 21.8 Å². The van der Waals surface area contributed by atoms with Crippen LogP contribution in [-0.4, -0.2) is 26.2 Å². The first-order valence-corrected chi connectivity index (χ1v) is 6.69. The maximum absolute atomic E-state index is 12.6. The fourth-order valence-corrected chi connectivity index (χ4v) is 2.01. The van der Waals surface area contributed by atoms with Gasteiger partial charge in [-0.1, -0.05) is 6.92 Å². The zero-order valence-corrected chi connectivity index (χ0v) is 12.6. The van der Waals surface area contributed by atoms with E-state index >= 15 is 0 Å². The summed E-state index contributed by atoms with van der Waals surface area (Å²) in [6.07, 6.45) is -4.47. The highest BCUT2D eigenvalue weighted by molar-refractivity contribution is 9.10. The third kappa shape index (κ3) is 4.79. The van der Waals surface area contributed by atoms with Crippen LogP contribution in [0.25, 0.3) is 0 Å². The van der Waals surface area contributed by atoms with E-state index in [-0.39, 0.29) is 11.5 Å². The Kier molecular flexibility index (Phi) is 6.01. The van der Waals surface area contributed by atoms with Crippen LogP contribution in [0, 0.1) is 5.92 Å². The van der Waals surface area contributed by atoms with Crippen LogP contribution in [0.3, 0.4) is 0 Å². The molecule has 0 spiro atoms. The maximum atomic E-state index is 12.6. The summed E-state index contributed by atoms with van der Waals surface area (Å²) in [6.45, 7) is 2.66. The van der Waals surface area contributed by atoms with Crippen molar-refractivity contribution in [3.63, 3.8) is 0 Å². The second-order valence-corrected chi connectivity index (χ2v) is 5.32. The molecule has 1 rings (SSSR count). The Bertz CT molecular complexity index is 477. The minimum atomic E-state index is -4.47. The summed E-state index contributed by atoms with van der Waals surface area (Å²) in [5.74, 6) is -0.473. The van der Waals surface area contributed by atoms with Gasteiger partial charge in [-0.15, -0.1) is 0 Å². The predicted molar refractivity (Wildman–Crippen MR) is 72.5 cm³/mol. The van der Waals surface area contributed by atoms with Crippen LogP contribution >= 0.6 is 15.9 Å². The second-order valence-electron chi connectivity index (χ2n) is 4.46. The van der Waals surface area contributed by atoms with Gasteiger partial charge in [0.25, 0.3) is 5.91 Å². The summed E-state index contributed by atoms with van der Waals surface area (Å²) in [5, 5.41) is 2.59. The fourth-order valence-electron chi connectivity index (χ4n) is 1.58. The molecule has 0 bridgehead atoms. The van der Waals surface area contributed by atoms with Gasteiger partial charge >= 0.3 is 6.18 Å². The van der Waals surface area contributed by atoms with Gasteiger partial charge in [0.05, 0.1) is 17.7 Å². The van der Waals surface area contributed by atoms with Crippen LogP contribution < -0.4 is 5.32 Å². The first-order valence-electron chi connectivity index (χ1n) is 5.89. The largest absolute Gasteiger partial charge is 0.416 e. The van der Waals surface area contributed by atoms with Crippen LogP contribution in [-0.2, 0) is 10.9 Å². The minimum Gasteiger partial charge on any atom is -0.384 e. The van der Waals surface area contributed by atoms with E-state index in [2.05, 4.69) is 21.2 Å². The van der Waals surface area contributed by atoms with E-state index in [1.54, 1.807) is 7.11 Å². The van der Waals surface area contributed by atoms with Crippen molar-refractivity contribution in [1.82, 2.24) is 5.32 Å². The third-order valence-electron chi connectivity index (χ3n) is 2.60. The predicted octanol–water partition coefficient (Wildman–Crippen LogP) is 3.48. The molecule has 1 unspecified atom stereocenters. The Morgan fingerprint density at radius 1 is 1.45 bits per heavy atom. The van der Waals surface area contributed by atoms with Gasteiger partial charge in [-0.2, -0.15) is 13.2 Å². The van der Waals surface area contributed by atoms with Crippen LogP contribution in [0.15, 0.2) is 22.7 Å². The Morgan fingerprint density at radius 2 is 2.10 bits per heavy atom. The zero-order chi connectivity index (χ0) is 15.3. The highest BCUT2D eigenvalue weighted by atomic mass is 79.9. The van der Waals surface area contributed by atoms with Crippen molar-refractivity contribution in [3.05, 3.63) is 33.8 Å². The van der Waals surface area contributed by atoms with E-state index in [4.69, 9.17) is 4.74 Å². The number of methoxy groups -OCH3 is 1. The standard InChI is InChI=1S/C13H15BrF3NO2/c1-8(7-20-2)6-18-12(19)10-5-9(13(15,16)17)3-4-11(10)14/h3-5,8H,6-7H2,1-2H3,(H,18,19). The Hall–Kier alpha value is -1.08. The molecular formula is C13H15BrF3NO2. The molecule has 0 saturated carbocycles. The second kappa shape index (κ2) is 7.08. The van der Waals surface area contributed by atoms with E-state index < -0.39 is 17.6 Å². The number of halogens is 4. The molecule has 0 aliphatic rings. The molecule has 1 amide bonds. The quantitative estimate of drug-likeness (QED) is 0.879. The molecule has 3 nitrogen and oxygen atoms in total. The molecule has 1 N–H and O–H groups in total. The molecule has 0 heterocycles. The van der Waals surface area contributed by atoms with Gasteiger partial charge in [-0.3, -0.25) is 4.79 Å². The molecule has 1 aromatic rings. The lowest BCUT2D eigenvalue weighted by Crippen LogP contribution is -2.30. The van der Waals surface area contributed by atoms with Gasteiger partial charge in [0, 0.05) is 18.1 Å². The number of hydrogen-bond donors (Lipinski definition) is 1. The average molecular weight is 354 g/mol. The van der Waals surface area contributed by atoms with Gasteiger partial charge in [0.2, 0.25) is 0 Å². The number of alkyl halides is 3. The number of hydrogen-bond acceptors (Lipinski definition) is 2. The van der Waals surface area contributed by atoms with Crippen LogP contribution in [0.1, 0.15) is 22.8 Å². The van der Waals surface area contributed by atoms with E-state index in [0.29, 0.717) is 17.6 Å². The van der Waals surface area contributed by atoms with E-state index in [1.165, 1.54) is 6.07 Å². The summed E-state index contributed by atoms with van der Waals surface area (Å²) in [7, 11) is 1.54. The summed E-state index contributed by atoms with van der Waals surface area (Å²) < 4.78 is 43.1. The van der Waals surface area contributed by atoms with E-state index in [9.17, 15) is 18.0 Å². The number of amides is 1. The molecule has 0 radical (unpaired) electrons. The lowest BCUT2D eigenvalue weighted by molar-refractivity contribution is -0.137. The third-order valence-corrected chi connectivity index (χ3v) is 3.29. The lowest BCUT2D eigenvalue weighted by Gasteiger charge is -2.13. The molecular weight excluding hydrogens is 339 g/mol. The van der Waals surface area contributed by atoms with Gasteiger partial charge in [-0.05, 0) is 40.0 Å². The highest BCUT2D eigenvalue weighted by Gasteiger charge is 2.31.